The molecule has 166 valence electrons. The average Bonchev–Trinajstić information content (AvgIpc) is 2.65. The van der Waals surface area contributed by atoms with Gasteiger partial charge >= 0.3 is 17.8 Å². The number of benzene rings is 1. The molecule has 0 saturated carbocycles. The second kappa shape index (κ2) is 8.98. The molecule has 0 aliphatic rings. The molecule has 0 aliphatic carbocycles. The number of hydrogen-bond acceptors (Lipinski definition) is 7. The lowest BCUT2D eigenvalue weighted by Gasteiger charge is -2.19. The fraction of sp³-hybridized carbons (Fsp3) is 0.316. The number of rotatable bonds is 7. The van der Waals surface area contributed by atoms with Crippen LogP contribution in [0.1, 0.15) is 31.3 Å². The fourth-order valence-electron chi connectivity index (χ4n) is 2.21. The van der Waals surface area contributed by atoms with Gasteiger partial charge in [0.2, 0.25) is 0 Å². The topological polar surface area (TPSA) is 112 Å². The summed E-state index contributed by atoms with van der Waals surface area (Å²) in [6.07, 6.45) is 1.27. The van der Waals surface area contributed by atoms with Crippen molar-refractivity contribution in [3.8, 4) is 11.5 Å². The highest BCUT2D eigenvalue weighted by molar-refractivity contribution is 5.96. The van der Waals surface area contributed by atoms with Gasteiger partial charge in [0.15, 0.2) is 5.69 Å². The Morgan fingerprint density at radius 2 is 1.81 bits per heavy atom. The van der Waals surface area contributed by atoms with E-state index in [4.69, 9.17) is 9.47 Å². The van der Waals surface area contributed by atoms with E-state index in [0.29, 0.717) is 0 Å². The van der Waals surface area contributed by atoms with E-state index in [0.717, 1.165) is 12.1 Å². The van der Waals surface area contributed by atoms with Gasteiger partial charge in [-0.25, -0.2) is 9.78 Å². The second-order valence-electron chi connectivity index (χ2n) is 7.26. The Kier molecular flexibility index (Phi) is 6.83. The molecule has 0 bridgehead atoms. The van der Waals surface area contributed by atoms with Crippen molar-refractivity contribution < 1.29 is 37.2 Å². The summed E-state index contributed by atoms with van der Waals surface area (Å²) in [5, 5.41) is 9.37. The highest BCUT2D eigenvalue weighted by atomic mass is 19.3. The number of nitro groups is 1. The zero-order valence-electron chi connectivity index (χ0n) is 16.7. The van der Waals surface area contributed by atoms with Crippen LogP contribution in [0.4, 0.5) is 18.9 Å². The first-order chi connectivity index (χ1) is 14.3. The third-order valence-corrected chi connectivity index (χ3v) is 3.44. The molecule has 1 aromatic heterocycles. The minimum atomic E-state index is -4.54. The maximum atomic E-state index is 14.2. The number of carbonyl (C=O) groups excluding carboxylic acids is 2. The van der Waals surface area contributed by atoms with E-state index in [1.807, 2.05) is 0 Å². The summed E-state index contributed by atoms with van der Waals surface area (Å²) in [6.45, 7) is 2.98. The molecule has 2 aromatic rings. The van der Waals surface area contributed by atoms with E-state index in [1.54, 1.807) is 20.8 Å². The first-order valence-corrected chi connectivity index (χ1v) is 8.76. The lowest BCUT2D eigenvalue weighted by Crippen LogP contribution is -2.44. The summed E-state index contributed by atoms with van der Waals surface area (Å²) < 4.78 is 51.9. The number of ether oxygens (including phenoxy) is 2. The van der Waals surface area contributed by atoms with Gasteiger partial charge in [-0.15, -0.1) is 5.12 Å². The number of alkyl halides is 2. The van der Waals surface area contributed by atoms with Crippen molar-refractivity contribution in [1.82, 2.24) is 4.98 Å². The van der Waals surface area contributed by atoms with E-state index in [1.165, 1.54) is 30.5 Å². The molecular weight excluding hydrogens is 423 g/mol. The highest BCUT2D eigenvalue weighted by Crippen LogP contribution is 2.29. The third kappa shape index (κ3) is 6.66. The minimum Gasteiger partial charge on any atom is -0.457 e. The zero-order valence-corrected chi connectivity index (χ0v) is 16.7. The van der Waals surface area contributed by atoms with Gasteiger partial charge in [-0.1, -0.05) is 10.5 Å². The minimum absolute atomic E-state index is 0.0631. The predicted molar refractivity (Wildman–Crippen MR) is 101 cm³/mol. The molecule has 31 heavy (non-hydrogen) atoms. The molecule has 0 radical (unpaired) electrons. The Labute approximate surface area is 174 Å². The zero-order chi connectivity index (χ0) is 23.4. The lowest BCUT2D eigenvalue weighted by molar-refractivity contribution is -0.500. The van der Waals surface area contributed by atoms with Crippen molar-refractivity contribution in [2.24, 2.45) is 0 Å². The van der Waals surface area contributed by atoms with Gasteiger partial charge in [-0.05, 0) is 39.0 Å². The number of anilines is 1. The van der Waals surface area contributed by atoms with Crippen molar-refractivity contribution in [3.63, 3.8) is 0 Å². The Morgan fingerprint density at radius 1 is 1.16 bits per heavy atom. The number of halogens is 3. The molecule has 1 amide bonds. The van der Waals surface area contributed by atoms with Gasteiger partial charge < -0.3 is 9.47 Å². The SMILES string of the molecule is CC(C)(C)OC(=O)c1cc(Oc2cccc(N(F)C(=O)C(F)(F)C[N+](=O)[O-])c2)ccn1. The van der Waals surface area contributed by atoms with Crippen molar-refractivity contribution in [2.75, 3.05) is 11.7 Å². The molecule has 0 aliphatic heterocycles. The van der Waals surface area contributed by atoms with E-state index in [2.05, 4.69) is 4.98 Å². The molecule has 0 atom stereocenters. The summed E-state index contributed by atoms with van der Waals surface area (Å²) in [7, 11) is 0. The summed E-state index contributed by atoms with van der Waals surface area (Å²) >= 11 is 0. The highest BCUT2D eigenvalue weighted by Gasteiger charge is 2.48. The molecule has 0 unspecified atom stereocenters. The van der Waals surface area contributed by atoms with Crippen molar-refractivity contribution in [1.29, 1.82) is 0 Å². The van der Waals surface area contributed by atoms with Gasteiger partial charge in [-0.2, -0.15) is 8.78 Å². The van der Waals surface area contributed by atoms with Gasteiger partial charge in [-0.3, -0.25) is 14.9 Å². The maximum absolute atomic E-state index is 14.2. The van der Waals surface area contributed by atoms with Crippen LogP contribution in [0.3, 0.4) is 0 Å². The maximum Gasteiger partial charge on any atom is 0.389 e. The number of carbonyl (C=O) groups is 2. The van der Waals surface area contributed by atoms with Gasteiger partial charge in [0.1, 0.15) is 17.1 Å². The summed E-state index contributed by atoms with van der Waals surface area (Å²) in [5.41, 5.74) is -1.45. The van der Waals surface area contributed by atoms with Crippen LogP contribution < -0.4 is 9.86 Å². The molecule has 2 rings (SSSR count). The predicted octanol–water partition coefficient (Wildman–Crippen LogP) is 3.96. The van der Waals surface area contributed by atoms with E-state index >= 15 is 0 Å². The smallest absolute Gasteiger partial charge is 0.389 e. The summed E-state index contributed by atoms with van der Waals surface area (Å²) in [5.74, 6) is -7.60. The fourth-order valence-corrected chi connectivity index (χ4v) is 2.21. The Balaban J connectivity index is 2.19. The van der Waals surface area contributed by atoms with Crippen molar-refractivity contribution >= 4 is 17.6 Å². The number of pyridine rings is 1. The van der Waals surface area contributed by atoms with Crippen LogP contribution >= 0.6 is 0 Å². The van der Waals surface area contributed by atoms with Crippen LogP contribution in [-0.4, -0.2) is 39.9 Å². The van der Waals surface area contributed by atoms with E-state index in [-0.39, 0.29) is 17.2 Å². The second-order valence-corrected chi connectivity index (χ2v) is 7.26. The molecule has 9 nitrogen and oxygen atoms in total. The molecule has 0 spiro atoms. The van der Waals surface area contributed by atoms with Crippen molar-refractivity contribution in [2.45, 2.75) is 32.3 Å². The molecule has 0 saturated heterocycles. The molecule has 1 heterocycles. The van der Waals surface area contributed by atoms with E-state index in [9.17, 15) is 33.0 Å². The monoisotopic (exact) mass is 441 g/mol. The van der Waals surface area contributed by atoms with Crippen LogP contribution in [0, 0.1) is 10.1 Å². The van der Waals surface area contributed by atoms with Crippen LogP contribution in [-0.2, 0) is 9.53 Å². The van der Waals surface area contributed by atoms with E-state index < -0.39 is 45.7 Å². The van der Waals surface area contributed by atoms with Gasteiger partial charge in [0, 0.05) is 23.3 Å². The van der Waals surface area contributed by atoms with Gasteiger partial charge in [0.25, 0.3) is 6.54 Å². The Bertz CT molecular complexity index is 994. The largest absolute Gasteiger partial charge is 0.457 e. The number of amides is 1. The van der Waals surface area contributed by atoms with Crippen LogP contribution in [0.2, 0.25) is 0 Å². The molecule has 0 fully saturated rings. The molecule has 1 aromatic carbocycles. The number of esters is 1. The first kappa shape index (κ1) is 23.6. The number of nitrogens with zero attached hydrogens (tertiary/aromatic N) is 3. The van der Waals surface area contributed by atoms with Crippen LogP contribution in [0.5, 0.6) is 11.5 Å². The molecule has 12 heteroatoms. The lowest BCUT2D eigenvalue weighted by atomic mass is 10.2. The average molecular weight is 441 g/mol. The molecule has 0 N–H and O–H groups in total. The standard InChI is InChI=1S/C19H18F3N3O6/c1-18(2,3)31-16(26)15-10-14(7-8-23-15)30-13-6-4-5-12(9-13)25(22)17(27)19(20,21)11-24(28)29/h4-10H,11H2,1-3H3. The van der Waals surface area contributed by atoms with Crippen LogP contribution in [0.25, 0.3) is 0 Å². The first-order valence-electron chi connectivity index (χ1n) is 8.76. The van der Waals surface area contributed by atoms with Crippen molar-refractivity contribution in [3.05, 3.63) is 58.4 Å². The third-order valence-electron chi connectivity index (χ3n) is 3.44. The Morgan fingerprint density at radius 3 is 2.42 bits per heavy atom. The van der Waals surface area contributed by atoms with Crippen LogP contribution in [0.15, 0.2) is 42.6 Å². The normalized spacial score (nSPS) is 11.5. The Hall–Kier alpha value is -3.70. The number of aromatic nitrogens is 1. The quantitative estimate of drug-likeness (QED) is 0.277. The number of hydrogen-bond donors (Lipinski definition) is 0. The summed E-state index contributed by atoms with van der Waals surface area (Å²) in [4.78, 5) is 36.4. The molecular formula is C19H18F3N3O6. The summed E-state index contributed by atoms with van der Waals surface area (Å²) in [6, 6.07) is 7.10. The van der Waals surface area contributed by atoms with Gasteiger partial charge in [0.05, 0.1) is 5.69 Å².